The number of nitrogens with one attached hydrogen (secondary N) is 2. The fourth-order valence-corrected chi connectivity index (χ4v) is 2.88. The smallest absolute Gasteiger partial charge is 0.408 e. The fraction of sp³-hybridized carbons (Fsp3) is 0.300. The van der Waals surface area contributed by atoms with Crippen molar-refractivity contribution in [3.8, 4) is 0 Å². The van der Waals surface area contributed by atoms with E-state index in [4.69, 9.17) is 16.3 Å². The minimum absolute atomic E-state index is 0.245. The molecule has 2 aromatic rings. The quantitative estimate of drug-likeness (QED) is 0.567. The summed E-state index contributed by atoms with van der Waals surface area (Å²) < 4.78 is 6.35. The van der Waals surface area contributed by atoms with E-state index in [0.717, 1.165) is 9.13 Å². The Labute approximate surface area is 178 Å². The number of amides is 2. The number of halogens is 2. The van der Waals surface area contributed by atoms with Crippen LogP contribution in [-0.2, 0) is 16.0 Å². The summed E-state index contributed by atoms with van der Waals surface area (Å²) in [4.78, 5) is 25.0. The van der Waals surface area contributed by atoms with E-state index in [9.17, 15) is 9.59 Å². The first kappa shape index (κ1) is 21.5. The van der Waals surface area contributed by atoms with Crippen molar-refractivity contribution in [2.24, 2.45) is 0 Å². The Morgan fingerprint density at radius 3 is 2.33 bits per heavy atom. The Kier molecular flexibility index (Phi) is 7.49. The van der Waals surface area contributed by atoms with Crippen LogP contribution in [0.15, 0.2) is 48.5 Å². The van der Waals surface area contributed by atoms with Gasteiger partial charge in [0.05, 0.1) is 0 Å². The SMILES string of the molecule is CC(C)(C)OC(=O)NC(Cc1ccccc1Cl)C(=O)Nc1ccc(I)cc1. The molecule has 1 unspecified atom stereocenters. The zero-order valence-corrected chi connectivity index (χ0v) is 18.3. The van der Waals surface area contributed by atoms with Crippen LogP contribution in [0, 0.1) is 3.57 Å². The normalized spacial score (nSPS) is 12.2. The van der Waals surface area contributed by atoms with E-state index in [1.807, 2.05) is 30.3 Å². The van der Waals surface area contributed by atoms with Crippen molar-refractivity contribution in [1.82, 2.24) is 5.32 Å². The van der Waals surface area contributed by atoms with E-state index in [2.05, 4.69) is 33.2 Å². The summed E-state index contributed by atoms with van der Waals surface area (Å²) in [5, 5.41) is 6.01. The molecule has 2 amide bonds. The molecule has 144 valence electrons. The van der Waals surface area contributed by atoms with Crippen LogP contribution in [0.5, 0.6) is 0 Å². The molecule has 7 heteroatoms. The van der Waals surface area contributed by atoms with Gasteiger partial charge in [0, 0.05) is 20.7 Å². The van der Waals surface area contributed by atoms with Crippen LogP contribution in [0.2, 0.25) is 5.02 Å². The van der Waals surface area contributed by atoms with Crippen LogP contribution in [0.4, 0.5) is 10.5 Å². The van der Waals surface area contributed by atoms with E-state index in [1.165, 1.54) is 0 Å². The van der Waals surface area contributed by atoms with Crippen LogP contribution < -0.4 is 10.6 Å². The summed E-state index contributed by atoms with van der Waals surface area (Å²) >= 11 is 8.41. The predicted octanol–water partition coefficient (Wildman–Crippen LogP) is 5.02. The Morgan fingerprint density at radius 2 is 1.74 bits per heavy atom. The van der Waals surface area contributed by atoms with Gasteiger partial charge in [-0.3, -0.25) is 4.79 Å². The number of rotatable bonds is 5. The molecule has 0 spiro atoms. The molecule has 1 atom stereocenters. The van der Waals surface area contributed by atoms with Gasteiger partial charge in [-0.05, 0) is 79.3 Å². The van der Waals surface area contributed by atoms with Crippen LogP contribution in [0.1, 0.15) is 26.3 Å². The van der Waals surface area contributed by atoms with Gasteiger partial charge in [0.2, 0.25) is 5.91 Å². The van der Waals surface area contributed by atoms with Gasteiger partial charge < -0.3 is 15.4 Å². The number of carbonyl (C=O) groups excluding carboxylic acids is 2. The first-order valence-electron chi connectivity index (χ1n) is 8.43. The molecule has 0 aromatic heterocycles. The minimum Gasteiger partial charge on any atom is -0.444 e. The van der Waals surface area contributed by atoms with Crippen molar-refractivity contribution in [2.45, 2.75) is 38.8 Å². The van der Waals surface area contributed by atoms with Gasteiger partial charge in [-0.25, -0.2) is 4.79 Å². The van der Waals surface area contributed by atoms with Crippen molar-refractivity contribution in [2.75, 3.05) is 5.32 Å². The lowest BCUT2D eigenvalue weighted by atomic mass is 10.1. The average Bonchev–Trinajstić information content (AvgIpc) is 2.56. The molecule has 2 N–H and O–H groups in total. The third-order valence-corrected chi connectivity index (χ3v) is 4.59. The molecular weight excluding hydrogens is 479 g/mol. The molecule has 0 radical (unpaired) electrons. The maximum absolute atomic E-state index is 12.8. The maximum Gasteiger partial charge on any atom is 0.408 e. The Bertz CT molecular complexity index is 804. The van der Waals surface area contributed by atoms with E-state index in [1.54, 1.807) is 39.0 Å². The number of alkyl carbamates (subject to hydrolysis) is 1. The van der Waals surface area contributed by atoms with Crippen LogP contribution >= 0.6 is 34.2 Å². The van der Waals surface area contributed by atoms with E-state index >= 15 is 0 Å². The molecular formula is C20H22ClIN2O3. The molecule has 2 rings (SSSR count). The fourth-order valence-electron chi connectivity index (χ4n) is 2.31. The van der Waals surface area contributed by atoms with E-state index < -0.39 is 17.7 Å². The second-order valence-electron chi connectivity index (χ2n) is 6.99. The van der Waals surface area contributed by atoms with Crippen LogP contribution in [0.3, 0.4) is 0 Å². The highest BCUT2D eigenvalue weighted by Gasteiger charge is 2.25. The zero-order chi connectivity index (χ0) is 20.0. The Morgan fingerprint density at radius 1 is 1.11 bits per heavy atom. The summed E-state index contributed by atoms with van der Waals surface area (Å²) in [6.45, 7) is 5.30. The monoisotopic (exact) mass is 500 g/mol. The number of hydrogen-bond donors (Lipinski definition) is 2. The first-order chi connectivity index (χ1) is 12.6. The van der Waals surface area contributed by atoms with Gasteiger partial charge in [-0.1, -0.05) is 29.8 Å². The average molecular weight is 501 g/mol. The molecule has 0 aliphatic heterocycles. The summed E-state index contributed by atoms with van der Waals surface area (Å²) in [5.41, 5.74) is 0.750. The second-order valence-corrected chi connectivity index (χ2v) is 8.64. The summed E-state index contributed by atoms with van der Waals surface area (Å²) in [6, 6.07) is 13.8. The number of anilines is 1. The second kappa shape index (κ2) is 9.41. The predicted molar refractivity (Wildman–Crippen MR) is 116 cm³/mol. The molecule has 0 fully saturated rings. The molecule has 0 saturated carbocycles. The Balaban J connectivity index is 2.17. The summed E-state index contributed by atoms with van der Waals surface area (Å²) in [5.74, 6) is -0.345. The number of benzene rings is 2. The van der Waals surface area contributed by atoms with E-state index in [-0.39, 0.29) is 12.3 Å². The molecule has 0 bridgehead atoms. The molecule has 5 nitrogen and oxygen atoms in total. The van der Waals surface area contributed by atoms with Crippen molar-refractivity contribution in [1.29, 1.82) is 0 Å². The van der Waals surface area contributed by atoms with Crippen molar-refractivity contribution in [3.63, 3.8) is 0 Å². The van der Waals surface area contributed by atoms with Crippen molar-refractivity contribution < 1.29 is 14.3 Å². The molecule has 2 aromatic carbocycles. The summed E-state index contributed by atoms with van der Waals surface area (Å²) in [7, 11) is 0. The van der Waals surface area contributed by atoms with Crippen LogP contribution in [0.25, 0.3) is 0 Å². The lowest BCUT2D eigenvalue weighted by molar-refractivity contribution is -0.118. The van der Waals surface area contributed by atoms with Gasteiger partial charge in [0.1, 0.15) is 11.6 Å². The van der Waals surface area contributed by atoms with Gasteiger partial charge in [-0.15, -0.1) is 0 Å². The van der Waals surface area contributed by atoms with Gasteiger partial charge >= 0.3 is 6.09 Å². The third-order valence-electron chi connectivity index (χ3n) is 3.50. The molecule has 27 heavy (non-hydrogen) atoms. The minimum atomic E-state index is -0.834. The molecule has 0 heterocycles. The lowest BCUT2D eigenvalue weighted by Crippen LogP contribution is -2.47. The van der Waals surface area contributed by atoms with Crippen LogP contribution in [-0.4, -0.2) is 23.6 Å². The van der Waals surface area contributed by atoms with Crippen molar-refractivity contribution in [3.05, 3.63) is 62.7 Å². The van der Waals surface area contributed by atoms with Gasteiger partial charge in [0.15, 0.2) is 0 Å². The van der Waals surface area contributed by atoms with Gasteiger partial charge in [-0.2, -0.15) is 0 Å². The number of carbonyl (C=O) groups is 2. The highest BCUT2D eigenvalue weighted by atomic mass is 127. The number of hydrogen-bond acceptors (Lipinski definition) is 3. The molecule has 0 saturated heterocycles. The molecule has 0 aliphatic carbocycles. The third kappa shape index (κ3) is 7.38. The topological polar surface area (TPSA) is 67.4 Å². The highest BCUT2D eigenvalue weighted by Crippen LogP contribution is 2.18. The zero-order valence-electron chi connectivity index (χ0n) is 15.4. The largest absolute Gasteiger partial charge is 0.444 e. The number of ether oxygens (including phenoxy) is 1. The summed E-state index contributed by atoms with van der Waals surface area (Å²) in [6.07, 6.45) is -0.410. The highest BCUT2D eigenvalue weighted by molar-refractivity contribution is 14.1. The first-order valence-corrected chi connectivity index (χ1v) is 9.89. The van der Waals surface area contributed by atoms with E-state index in [0.29, 0.717) is 10.7 Å². The molecule has 0 aliphatic rings. The van der Waals surface area contributed by atoms with Gasteiger partial charge in [0.25, 0.3) is 0 Å². The standard InChI is InChI=1S/C20H22ClIN2O3/c1-20(2,3)27-19(26)24-17(12-13-6-4-5-7-16(13)21)18(25)23-15-10-8-14(22)9-11-15/h4-11,17H,12H2,1-3H3,(H,23,25)(H,24,26). The Hall–Kier alpha value is -1.80. The maximum atomic E-state index is 12.8. The van der Waals surface area contributed by atoms with Crippen molar-refractivity contribution >= 4 is 51.9 Å². The lowest BCUT2D eigenvalue weighted by Gasteiger charge is -2.23.